The van der Waals surface area contributed by atoms with Crippen molar-refractivity contribution in [1.29, 1.82) is 0 Å². The average Bonchev–Trinajstić information content (AvgIpc) is 2.52. The highest BCUT2D eigenvalue weighted by atomic mass is 79.9. The molecule has 0 unspecified atom stereocenters. The van der Waals surface area contributed by atoms with Gasteiger partial charge in [0, 0.05) is 11.4 Å². The van der Waals surface area contributed by atoms with Gasteiger partial charge in [-0.1, -0.05) is 0 Å². The van der Waals surface area contributed by atoms with E-state index >= 15 is 0 Å². The van der Waals surface area contributed by atoms with E-state index < -0.39 is 24.4 Å². The molecule has 94 valence electrons. The van der Waals surface area contributed by atoms with Crippen LogP contribution in [0.5, 0.6) is 0 Å². The molecule has 0 saturated heterocycles. The molecule has 0 spiro atoms. The van der Waals surface area contributed by atoms with E-state index in [1.807, 2.05) is 13.0 Å². The first-order chi connectivity index (χ1) is 7.90. The third-order valence-electron chi connectivity index (χ3n) is 2.11. The van der Waals surface area contributed by atoms with E-state index in [4.69, 9.17) is 10.2 Å². The fourth-order valence-corrected chi connectivity index (χ4v) is 2.84. The molecule has 0 saturated carbocycles. The van der Waals surface area contributed by atoms with Gasteiger partial charge in [0.05, 0.1) is 10.2 Å². The first kappa shape index (κ1) is 14.1. The Hall–Kier alpha value is -0.920. The van der Waals surface area contributed by atoms with Gasteiger partial charge in [0.15, 0.2) is 0 Å². The van der Waals surface area contributed by atoms with Crippen molar-refractivity contribution in [3.05, 3.63) is 20.3 Å². The number of halogens is 1. The summed E-state index contributed by atoms with van der Waals surface area (Å²) in [6.07, 6.45) is -0.430. The summed E-state index contributed by atoms with van der Waals surface area (Å²) < 4.78 is 0.999. The lowest BCUT2D eigenvalue weighted by Crippen LogP contribution is -2.37. The van der Waals surface area contributed by atoms with Crippen molar-refractivity contribution < 1.29 is 19.8 Å². The smallest absolute Gasteiger partial charge is 0.321 e. The Kier molecular flexibility index (Phi) is 5.10. The lowest BCUT2D eigenvalue weighted by atomic mass is 10.2. The summed E-state index contributed by atoms with van der Waals surface area (Å²) in [4.78, 5) is 22.2. The quantitative estimate of drug-likeness (QED) is 0.744. The first-order valence-electron chi connectivity index (χ1n) is 4.83. The predicted molar refractivity (Wildman–Crippen MR) is 67.3 cm³/mol. The Morgan fingerprint density at radius 2 is 2.18 bits per heavy atom. The van der Waals surface area contributed by atoms with E-state index in [9.17, 15) is 9.59 Å². The van der Waals surface area contributed by atoms with E-state index in [-0.39, 0.29) is 0 Å². The Morgan fingerprint density at radius 1 is 1.53 bits per heavy atom. The van der Waals surface area contributed by atoms with Gasteiger partial charge in [-0.3, -0.25) is 14.9 Å². The molecule has 0 aliphatic carbocycles. The van der Waals surface area contributed by atoms with Crippen LogP contribution in [0.15, 0.2) is 9.85 Å². The van der Waals surface area contributed by atoms with Crippen LogP contribution in [-0.4, -0.2) is 28.2 Å². The summed E-state index contributed by atoms with van der Waals surface area (Å²) in [5.41, 5.74) is 1.08. The van der Waals surface area contributed by atoms with Crippen LogP contribution in [-0.2, 0) is 16.1 Å². The second kappa shape index (κ2) is 6.13. The number of nitrogens with one attached hydrogen (secondary N) is 1. The van der Waals surface area contributed by atoms with Gasteiger partial charge in [0.1, 0.15) is 6.04 Å². The zero-order chi connectivity index (χ0) is 13.0. The molecule has 1 heterocycles. The highest BCUT2D eigenvalue weighted by molar-refractivity contribution is 9.11. The number of hydrogen-bond acceptors (Lipinski definition) is 4. The Morgan fingerprint density at radius 3 is 2.59 bits per heavy atom. The predicted octanol–water partition coefficient (Wildman–Crippen LogP) is 1.84. The minimum absolute atomic E-state index is 0.349. The van der Waals surface area contributed by atoms with E-state index in [0.29, 0.717) is 6.54 Å². The second-order valence-corrected chi connectivity index (χ2v) is 5.99. The maximum absolute atomic E-state index is 10.8. The third kappa shape index (κ3) is 4.45. The van der Waals surface area contributed by atoms with Gasteiger partial charge < -0.3 is 10.2 Å². The molecule has 5 nitrogen and oxygen atoms in total. The highest BCUT2D eigenvalue weighted by Crippen LogP contribution is 2.27. The normalized spacial score (nSPS) is 12.4. The lowest BCUT2D eigenvalue weighted by Gasteiger charge is -2.10. The summed E-state index contributed by atoms with van der Waals surface area (Å²) in [7, 11) is 0. The van der Waals surface area contributed by atoms with Gasteiger partial charge in [-0.2, -0.15) is 0 Å². The van der Waals surface area contributed by atoms with Crippen molar-refractivity contribution in [3.8, 4) is 0 Å². The van der Waals surface area contributed by atoms with Crippen LogP contribution in [0.2, 0.25) is 0 Å². The van der Waals surface area contributed by atoms with E-state index in [2.05, 4.69) is 21.2 Å². The highest BCUT2D eigenvalue weighted by Gasteiger charge is 2.20. The number of carboxylic acids is 2. The van der Waals surface area contributed by atoms with E-state index in [0.717, 1.165) is 14.2 Å². The number of aliphatic carboxylic acids is 2. The number of carbonyl (C=O) groups is 2. The molecule has 1 aromatic heterocycles. The molecular formula is C10H12BrNO4S. The Balaban J connectivity index is 2.57. The van der Waals surface area contributed by atoms with Crippen LogP contribution in [0.25, 0.3) is 0 Å². The summed E-state index contributed by atoms with van der Waals surface area (Å²) >= 11 is 4.87. The minimum Gasteiger partial charge on any atom is -0.481 e. The molecule has 3 N–H and O–H groups in total. The molecule has 0 aliphatic rings. The molecular weight excluding hydrogens is 310 g/mol. The maximum atomic E-state index is 10.8. The Labute approximate surface area is 111 Å². The fraction of sp³-hybridized carbons (Fsp3) is 0.400. The zero-order valence-electron chi connectivity index (χ0n) is 9.07. The first-order valence-corrected chi connectivity index (χ1v) is 6.44. The maximum Gasteiger partial charge on any atom is 0.321 e. The van der Waals surface area contributed by atoms with Crippen LogP contribution in [0.4, 0.5) is 0 Å². The van der Waals surface area contributed by atoms with Gasteiger partial charge >= 0.3 is 11.9 Å². The minimum atomic E-state index is -1.15. The van der Waals surface area contributed by atoms with Crippen LogP contribution < -0.4 is 5.32 Å². The average molecular weight is 322 g/mol. The van der Waals surface area contributed by atoms with Gasteiger partial charge in [-0.15, -0.1) is 11.3 Å². The van der Waals surface area contributed by atoms with Crippen molar-refractivity contribution in [2.24, 2.45) is 0 Å². The SMILES string of the molecule is Cc1cc(CN[C@H](CC(=O)O)C(=O)O)sc1Br. The number of hydrogen-bond donors (Lipinski definition) is 3. The van der Waals surface area contributed by atoms with Crippen molar-refractivity contribution in [2.75, 3.05) is 0 Å². The van der Waals surface area contributed by atoms with Gasteiger partial charge in [0.2, 0.25) is 0 Å². The largest absolute Gasteiger partial charge is 0.481 e. The standard InChI is InChI=1S/C10H12BrNO4S/c1-5-2-6(17-9(5)11)4-12-7(10(15)16)3-8(13)14/h2,7,12H,3-4H2,1H3,(H,13,14)(H,15,16)/t7-/m1/s1. The molecule has 0 aliphatic heterocycles. The summed E-state index contributed by atoms with van der Waals surface area (Å²) in [5, 5.41) is 20.1. The number of carboxylic acid groups (broad SMARTS) is 2. The van der Waals surface area contributed by atoms with Crippen molar-refractivity contribution in [1.82, 2.24) is 5.32 Å². The summed E-state index contributed by atoms with van der Waals surface area (Å²) in [5.74, 6) is -2.28. The lowest BCUT2D eigenvalue weighted by molar-refractivity contribution is -0.146. The van der Waals surface area contributed by atoms with Crippen LogP contribution >= 0.6 is 27.3 Å². The molecule has 0 amide bonds. The molecule has 1 rings (SSSR count). The van der Waals surface area contributed by atoms with Gasteiger partial charge in [-0.25, -0.2) is 0 Å². The Bertz CT molecular complexity index is 412. The van der Waals surface area contributed by atoms with Gasteiger partial charge in [-0.05, 0) is 34.5 Å². The number of rotatable bonds is 6. The van der Waals surface area contributed by atoms with E-state index in [1.165, 1.54) is 11.3 Å². The summed E-state index contributed by atoms with van der Waals surface area (Å²) in [6.45, 7) is 2.29. The topological polar surface area (TPSA) is 86.6 Å². The van der Waals surface area contributed by atoms with E-state index in [1.54, 1.807) is 0 Å². The van der Waals surface area contributed by atoms with Gasteiger partial charge in [0.25, 0.3) is 0 Å². The molecule has 7 heteroatoms. The monoisotopic (exact) mass is 321 g/mol. The third-order valence-corrected chi connectivity index (χ3v) is 4.24. The molecule has 0 aromatic carbocycles. The number of aryl methyl sites for hydroxylation is 1. The molecule has 1 atom stereocenters. The van der Waals surface area contributed by atoms with Crippen molar-refractivity contribution in [2.45, 2.75) is 25.9 Å². The van der Waals surface area contributed by atoms with Crippen molar-refractivity contribution in [3.63, 3.8) is 0 Å². The van der Waals surface area contributed by atoms with Crippen LogP contribution in [0.3, 0.4) is 0 Å². The fourth-order valence-electron chi connectivity index (χ4n) is 1.26. The number of thiophene rings is 1. The molecule has 17 heavy (non-hydrogen) atoms. The molecule has 0 radical (unpaired) electrons. The second-order valence-electron chi connectivity index (χ2n) is 3.54. The molecule has 1 aromatic rings. The van der Waals surface area contributed by atoms with Crippen molar-refractivity contribution >= 4 is 39.2 Å². The van der Waals surface area contributed by atoms with Crippen LogP contribution in [0.1, 0.15) is 16.9 Å². The molecule has 0 bridgehead atoms. The zero-order valence-corrected chi connectivity index (χ0v) is 11.5. The molecule has 0 fully saturated rings. The van der Waals surface area contributed by atoms with Crippen LogP contribution in [0, 0.1) is 6.92 Å². The summed E-state index contributed by atoms with van der Waals surface area (Å²) in [6, 6.07) is 0.871.